The van der Waals surface area contributed by atoms with Crippen LogP contribution in [0.25, 0.3) is 0 Å². The Kier molecular flexibility index (Phi) is 5.10. The average molecular weight is 238 g/mol. The normalized spacial score (nSPS) is 12.2. The Labute approximate surface area is 101 Å². The van der Waals surface area contributed by atoms with E-state index in [1.807, 2.05) is 6.92 Å². The van der Waals surface area contributed by atoms with Crippen molar-refractivity contribution in [2.75, 3.05) is 11.9 Å². The van der Waals surface area contributed by atoms with Gasteiger partial charge in [0.25, 0.3) is 0 Å². The number of hydrogen-bond acceptors (Lipinski definition) is 2. The van der Waals surface area contributed by atoms with Gasteiger partial charge < -0.3 is 11.1 Å². The van der Waals surface area contributed by atoms with E-state index in [1.165, 1.54) is 12.1 Å². The number of halogens is 1. The van der Waals surface area contributed by atoms with Crippen molar-refractivity contribution in [3.05, 3.63) is 29.6 Å². The van der Waals surface area contributed by atoms with Gasteiger partial charge in [0, 0.05) is 12.2 Å². The first-order chi connectivity index (χ1) is 8.06. The van der Waals surface area contributed by atoms with E-state index >= 15 is 0 Å². The van der Waals surface area contributed by atoms with Gasteiger partial charge in [-0.1, -0.05) is 13.3 Å². The van der Waals surface area contributed by atoms with Crippen molar-refractivity contribution in [1.82, 2.24) is 0 Å². The predicted octanol–water partition coefficient (Wildman–Crippen LogP) is 2.45. The van der Waals surface area contributed by atoms with Crippen LogP contribution in [0.1, 0.15) is 25.3 Å². The minimum atomic E-state index is -0.347. The standard InChI is InChI=1S/C13H19FN2O/c1-3-4-10(8-15)13(17)16-12-6-9(2)5-11(14)7-12/h5-7,10H,3-4,8,15H2,1-2H3,(H,16,17). The van der Waals surface area contributed by atoms with Crippen molar-refractivity contribution in [3.8, 4) is 0 Å². The third-order valence-corrected chi connectivity index (χ3v) is 2.60. The fourth-order valence-electron chi connectivity index (χ4n) is 1.76. The zero-order valence-electron chi connectivity index (χ0n) is 10.3. The zero-order valence-corrected chi connectivity index (χ0v) is 10.3. The summed E-state index contributed by atoms with van der Waals surface area (Å²) in [4.78, 5) is 11.8. The number of carbonyl (C=O) groups excluding carboxylic acids is 1. The summed E-state index contributed by atoms with van der Waals surface area (Å²) in [7, 11) is 0. The molecule has 0 saturated heterocycles. The van der Waals surface area contributed by atoms with Crippen LogP contribution >= 0.6 is 0 Å². The molecule has 0 heterocycles. The van der Waals surface area contributed by atoms with Gasteiger partial charge in [-0.2, -0.15) is 0 Å². The average Bonchev–Trinajstić information content (AvgIpc) is 2.24. The Morgan fingerprint density at radius 2 is 2.18 bits per heavy atom. The molecule has 0 aliphatic heterocycles. The highest BCUT2D eigenvalue weighted by molar-refractivity contribution is 5.92. The van der Waals surface area contributed by atoms with Gasteiger partial charge in [-0.25, -0.2) is 4.39 Å². The highest BCUT2D eigenvalue weighted by Gasteiger charge is 2.15. The van der Waals surface area contributed by atoms with E-state index < -0.39 is 0 Å². The van der Waals surface area contributed by atoms with Crippen LogP contribution in [0.5, 0.6) is 0 Å². The van der Waals surface area contributed by atoms with Gasteiger partial charge in [0.05, 0.1) is 5.92 Å². The molecule has 0 fully saturated rings. The Morgan fingerprint density at radius 1 is 1.47 bits per heavy atom. The van der Waals surface area contributed by atoms with Crippen molar-refractivity contribution in [2.45, 2.75) is 26.7 Å². The number of amides is 1. The Morgan fingerprint density at radius 3 is 2.71 bits per heavy atom. The molecule has 3 nitrogen and oxygen atoms in total. The third-order valence-electron chi connectivity index (χ3n) is 2.60. The molecule has 0 saturated carbocycles. The highest BCUT2D eigenvalue weighted by Crippen LogP contribution is 2.15. The zero-order chi connectivity index (χ0) is 12.8. The lowest BCUT2D eigenvalue weighted by Crippen LogP contribution is -2.29. The van der Waals surface area contributed by atoms with Crippen molar-refractivity contribution in [1.29, 1.82) is 0 Å². The molecule has 3 N–H and O–H groups in total. The molecule has 1 aromatic rings. The van der Waals surface area contributed by atoms with E-state index in [1.54, 1.807) is 13.0 Å². The minimum absolute atomic E-state index is 0.139. The van der Waals surface area contributed by atoms with Gasteiger partial charge in [-0.15, -0.1) is 0 Å². The summed E-state index contributed by atoms with van der Waals surface area (Å²) >= 11 is 0. The summed E-state index contributed by atoms with van der Waals surface area (Å²) in [5, 5.41) is 2.70. The van der Waals surface area contributed by atoms with Gasteiger partial charge in [0.15, 0.2) is 0 Å². The number of nitrogens with one attached hydrogen (secondary N) is 1. The molecule has 0 bridgehead atoms. The van der Waals surface area contributed by atoms with E-state index in [2.05, 4.69) is 5.32 Å². The largest absolute Gasteiger partial charge is 0.330 e. The summed E-state index contributed by atoms with van der Waals surface area (Å²) < 4.78 is 13.1. The minimum Gasteiger partial charge on any atom is -0.330 e. The molecule has 1 unspecified atom stereocenters. The lowest BCUT2D eigenvalue weighted by molar-refractivity contribution is -0.119. The quantitative estimate of drug-likeness (QED) is 0.827. The molecule has 1 aromatic carbocycles. The second kappa shape index (κ2) is 6.35. The third kappa shape index (κ3) is 4.15. The first-order valence-electron chi connectivity index (χ1n) is 5.85. The van der Waals surface area contributed by atoms with Crippen LogP contribution in [-0.4, -0.2) is 12.5 Å². The van der Waals surface area contributed by atoms with E-state index in [4.69, 9.17) is 5.73 Å². The number of nitrogens with two attached hydrogens (primary N) is 1. The smallest absolute Gasteiger partial charge is 0.228 e. The summed E-state index contributed by atoms with van der Waals surface area (Å²) in [6.45, 7) is 4.10. The van der Waals surface area contributed by atoms with Crippen LogP contribution in [0.3, 0.4) is 0 Å². The van der Waals surface area contributed by atoms with Crippen LogP contribution in [0, 0.1) is 18.7 Å². The molecule has 4 heteroatoms. The molecule has 94 valence electrons. The Hall–Kier alpha value is -1.42. The second-order valence-corrected chi connectivity index (χ2v) is 4.23. The summed E-state index contributed by atoms with van der Waals surface area (Å²) in [6.07, 6.45) is 1.65. The van der Waals surface area contributed by atoms with Crippen molar-refractivity contribution in [3.63, 3.8) is 0 Å². The van der Waals surface area contributed by atoms with E-state index in [0.717, 1.165) is 18.4 Å². The molecule has 0 aromatic heterocycles. The molecule has 0 aliphatic carbocycles. The number of benzene rings is 1. The van der Waals surface area contributed by atoms with Crippen molar-refractivity contribution < 1.29 is 9.18 Å². The SMILES string of the molecule is CCCC(CN)C(=O)Nc1cc(C)cc(F)c1. The van der Waals surface area contributed by atoms with Gasteiger partial charge in [0.2, 0.25) is 5.91 Å². The summed E-state index contributed by atoms with van der Waals surface area (Å²) in [6, 6.07) is 4.47. The molecule has 17 heavy (non-hydrogen) atoms. The van der Waals surface area contributed by atoms with E-state index in [0.29, 0.717) is 12.2 Å². The lowest BCUT2D eigenvalue weighted by Gasteiger charge is -2.14. The number of rotatable bonds is 5. The fourth-order valence-corrected chi connectivity index (χ4v) is 1.76. The predicted molar refractivity (Wildman–Crippen MR) is 67.2 cm³/mol. The molecule has 0 radical (unpaired) electrons. The first kappa shape index (κ1) is 13.6. The second-order valence-electron chi connectivity index (χ2n) is 4.23. The lowest BCUT2D eigenvalue weighted by atomic mass is 10.0. The number of hydrogen-bond donors (Lipinski definition) is 2. The maximum absolute atomic E-state index is 13.1. The number of aryl methyl sites for hydroxylation is 1. The molecule has 0 aliphatic rings. The number of anilines is 1. The van der Waals surface area contributed by atoms with Crippen molar-refractivity contribution >= 4 is 11.6 Å². The van der Waals surface area contributed by atoms with E-state index in [-0.39, 0.29) is 17.6 Å². The monoisotopic (exact) mass is 238 g/mol. The number of carbonyl (C=O) groups is 1. The molecule has 1 rings (SSSR count). The van der Waals surface area contributed by atoms with Crippen LogP contribution in [0.15, 0.2) is 18.2 Å². The van der Waals surface area contributed by atoms with Crippen LogP contribution in [0.2, 0.25) is 0 Å². The summed E-state index contributed by atoms with van der Waals surface area (Å²) in [5.74, 6) is -0.692. The van der Waals surface area contributed by atoms with Gasteiger partial charge in [0.1, 0.15) is 5.82 Å². The topological polar surface area (TPSA) is 55.1 Å². The van der Waals surface area contributed by atoms with Gasteiger partial charge in [-0.05, 0) is 37.1 Å². The van der Waals surface area contributed by atoms with Gasteiger partial charge in [-0.3, -0.25) is 4.79 Å². The molecule has 1 amide bonds. The maximum atomic E-state index is 13.1. The molecule has 1 atom stereocenters. The summed E-state index contributed by atoms with van der Waals surface area (Å²) in [5.41, 5.74) is 6.80. The molecular formula is C13H19FN2O. The Bertz CT molecular complexity index is 373. The first-order valence-corrected chi connectivity index (χ1v) is 5.85. The van der Waals surface area contributed by atoms with Crippen molar-refractivity contribution in [2.24, 2.45) is 11.7 Å². The van der Waals surface area contributed by atoms with Crippen LogP contribution in [-0.2, 0) is 4.79 Å². The van der Waals surface area contributed by atoms with Gasteiger partial charge >= 0.3 is 0 Å². The van der Waals surface area contributed by atoms with E-state index in [9.17, 15) is 9.18 Å². The Balaban J connectivity index is 2.72. The fraction of sp³-hybridized carbons (Fsp3) is 0.462. The highest BCUT2D eigenvalue weighted by atomic mass is 19.1. The maximum Gasteiger partial charge on any atom is 0.228 e. The molecule has 0 spiro atoms. The van der Waals surface area contributed by atoms with Crippen LogP contribution < -0.4 is 11.1 Å². The molecular weight excluding hydrogens is 219 g/mol. The van der Waals surface area contributed by atoms with Crippen LogP contribution in [0.4, 0.5) is 10.1 Å².